The van der Waals surface area contributed by atoms with E-state index in [-0.39, 0.29) is 11.2 Å². The second-order valence-electron chi connectivity index (χ2n) is 8.05. The van der Waals surface area contributed by atoms with E-state index in [1.165, 1.54) is 23.4 Å². The Hall–Kier alpha value is -3.02. The lowest BCUT2D eigenvalue weighted by Crippen LogP contribution is -2.52. The molecule has 6 nitrogen and oxygen atoms in total. The van der Waals surface area contributed by atoms with Crippen LogP contribution in [0.3, 0.4) is 0 Å². The summed E-state index contributed by atoms with van der Waals surface area (Å²) in [4.78, 5) is 28.6. The molecule has 2 amide bonds. The maximum absolute atomic E-state index is 12.5. The first kappa shape index (κ1) is 19.7. The molecule has 0 bridgehead atoms. The number of phenols is 1. The largest absolute Gasteiger partial charge is 0.508 e. The number of phenolic OH excluding ortho intramolecular Hbond substituents is 1. The number of nitrogens with one attached hydrogen (secondary N) is 1. The molecule has 0 aliphatic carbocycles. The van der Waals surface area contributed by atoms with Gasteiger partial charge in [0.25, 0.3) is 0 Å². The van der Waals surface area contributed by atoms with E-state index in [1.807, 2.05) is 6.07 Å². The summed E-state index contributed by atoms with van der Waals surface area (Å²) >= 11 is 0. The number of hydrogen-bond donors (Lipinski definition) is 2. The van der Waals surface area contributed by atoms with Gasteiger partial charge in [0.1, 0.15) is 5.75 Å². The number of amides is 2. The number of hydrogen-bond acceptors (Lipinski definition) is 4. The van der Waals surface area contributed by atoms with E-state index in [1.54, 1.807) is 17.0 Å². The molecule has 2 aromatic rings. The molecule has 1 aliphatic rings. The average molecular weight is 381 g/mol. The van der Waals surface area contributed by atoms with Gasteiger partial charge < -0.3 is 20.2 Å². The number of aromatic hydroxyl groups is 1. The van der Waals surface area contributed by atoms with E-state index in [0.717, 1.165) is 0 Å². The van der Waals surface area contributed by atoms with Crippen molar-refractivity contribution in [3.63, 3.8) is 0 Å². The van der Waals surface area contributed by atoms with Crippen molar-refractivity contribution in [2.45, 2.75) is 26.2 Å². The average Bonchev–Trinajstić information content (AvgIpc) is 2.68. The van der Waals surface area contributed by atoms with Crippen molar-refractivity contribution in [1.82, 2.24) is 4.90 Å². The lowest BCUT2D eigenvalue weighted by Gasteiger charge is -2.38. The first-order valence-corrected chi connectivity index (χ1v) is 9.49. The van der Waals surface area contributed by atoms with Crippen LogP contribution in [0.4, 0.5) is 11.4 Å². The van der Waals surface area contributed by atoms with Gasteiger partial charge in [-0.05, 0) is 41.3 Å². The third kappa shape index (κ3) is 4.44. The fourth-order valence-corrected chi connectivity index (χ4v) is 3.41. The maximum atomic E-state index is 12.5. The van der Waals surface area contributed by atoms with Crippen LogP contribution in [0.25, 0.3) is 0 Å². The minimum Gasteiger partial charge on any atom is -0.508 e. The molecule has 0 unspecified atom stereocenters. The topological polar surface area (TPSA) is 72.9 Å². The quantitative estimate of drug-likeness (QED) is 0.620. The summed E-state index contributed by atoms with van der Waals surface area (Å²) in [5.74, 6) is -1.08. The van der Waals surface area contributed by atoms with Gasteiger partial charge >= 0.3 is 11.8 Å². The normalized spacial score (nSPS) is 14.7. The van der Waals surface area contributed by atoms with E-state index >= 15 is 0 Å². The SMILES string of the molecule is CC(C)(C)c1ccccc1N1CCN(C(=O)C(=O)Nc2ccc(O)cc2)CC1. The van der Waals surface area contributed by atoms with E-state index < -0.39 is 11.8 Å². The molecule has 148 valence electrons. The minimum absolute atomic E-state index is 0.0353. The van der Waals surface area contributed by atoms with Gasteiger partial charge in [0, 0.05) is 37.6 Å². The van der Waals surface area contributed by atoms with Crippen LogP contribution in [-0.2, 0) is 15.0 Å². The first-order chi connectivity index (χ1) is 13.3. The fraction of sp³-hybridized carbons (Fsp3) is 0.364. The summed E-state index contributed by atoms with van der Waals surface area (Å²) in [6.45, 7) is 8.95. The van der Waals surface area contributed by atoms with Crippen molar-refractivity contribution in [1.29, 1.82) is 0 Å². The highest BCUT2D eigenvalue weighted by atomic mass is 16.3. The van der Waals surface area contributed by atoms with Gasteiger partial charge in [0.15, 0.2) is 0 Å². The van der Waals surface area contributed by atoms with E-state index in [0.29, 0.717) is 31.9 Å². The fourth-order valence-electron chi connectivity index (χ4n) is 3.41. The number of benzene rings is 2. The van der Waals surface area contributed by atoms with Crippen molar-refractivity contribution < 1.29 is 14.7 Å². The van der Waals surface area contributed by atoms with Gasteiger partial charge in [-0.25, -0.2) is 0 Å². The number of rotatable bonds is 2. The molecule has 2 N–H and O–H groups in total. The molecule has 1 aliphatic heterocycles. The Morgan fingerprint density at radius 2 is 1.54 bits per heavy atom. The smallest absolute Gasteiger partial charge is 0.313 e. The highest BCUT2D eigenvalue weighted by Gasteiger charge is 2.28. The molecule has 3 rings (SSSR count). The van der Waals surface area contributed by atoms with Crippen LogP contribution < -0.4 is 10.2 Å². The lowest BCUT2D eigenvalue weighted by molar-refractivity contribution is -0.143. The van der Waals surface area contributed by atoms with Gasteiger partial charge in [0.05, 0.1) is 0 Å². The summed E-state index contributed by atoms with van der Waals surface area (Å²) in [6.07, 6.45) is 0. The Balaban J connectivity index is 1.61. The number of piperazine rings is 1. The van der Waals surface area contributed by atoms with Gasteiger partial charge in [0.2, 0.25) is 0 Å². The summed E-state index contributed by atoms with van der Waals surface area (Å²) in [7, 11) is 0. The molecule has 1 heterocycles. The second kappa shape index (κ2) is 7.92. The molecule has 2 aromatic carbocycles. The van der Waals surface area contributed by atoms with Crippen molar-refractivity contribution >= 4 is 23.2 Å². The Bertz CT molecular complexity index is 848. The summed E-state index contributed by atoms with van der Waals surface area (Å²) < 4.78 is 0. The molecule has 6 heteroatoms. The highest BCUT2D eigenvalue weighted by Crippen LogP contribution is 2.32. The number of para-hydroxylation sites is 1. The van der Waals surface area contributed by atoms with Gasteiger partial charge in [-0.1, -0.05) is 39.0 Å². The van der Waals surface area contributed by atoms with Crippen LogP contribution in [0.2, 0.25) is 0 Å². The Labute approximate surface area is 165 Å². The Kier molecular flexibility index (Phi) is 5.58. The molecular weight excluding hydrogens is 354 g/mol. The van der Waals surface area contributed by atoms with Crippen molar-refractivity contribution in [3.8, 4) is 5.75 Å². The summed E-state index contributed by atoms with van der Waals surface area (Å²) in [5.41, 5.74) is 2.98. The molecule has 1 saturated heterocycles. The number of anilines is 2. The number of nitrogens with zero attached hydrogens (tertiary/aromatic N) is 2. The van der Waals surface area contributed by atoms with Gasteiger partial charge in [-0.15, -0.1) is 0 Å². The molecule has 1 fully saturated rings. The number of carbonyl (C=O) groups is 2. The first-order valence-electron chi connectivity index (χ1n) is 9.49. The molecule has 0 spiro atoms. The molecule has 28 heavy (non-hydrogen) atoms. The Morgan fingerprint density at radius 1 is 0.929 bits per heavy atom. The maximum Gasteiger partial charge on any atom is 0.313 e. The Morgan fingerprint density at radius 3 is 2.14 bits per heavy atom. The zero-order valence-corrected chi connectivity index (χ0v) is 16.6. The van der Waals surface area contributed by atoms with E-state index in [9.17, 15) is 14.7 Å². The third-order valence-electron chi connectivity index (χ3n) is 4.94. The molecule has 0 radical (unpaired) electrons. The van der Waals surface area contributed by atoms with Crippen LogP contribution in [-0.4, -0.2) is 48.0 Å². The summed E-state index contributed by atoms with van der Waals surface area (Å²) in [5, 5.41) is 11.9. The second-order valence-corrected chi connectivity index (χ2v) is 8.05. The monoisotopic (exact) mass is 381 g/mol. The van der Waals surface area contributed by atoms with Crippen molar-refractivity contribution in [2.75, 3.05) is 36.4 Å². The third-order valence-corrected chi connectivity index (χ3v) is 4.94. The van der Waals surface area contributed by atoms with Gasteiger partial charge in [-0.3, -0.25) is 9.59 Å². The molecule has 0 saturated carbocycles. The van der Waals surface area contributed by atoms with E-state index in [2.05, 4.69) is 49.2 Å². The van der Waals surface area contributed by atoms with Crippen LogP contribution in [0.15, 0.2) is 48.5 Å². The minimum atomic E-state index is -0.658. The standard InChI is InChI=1S/C22H27N3O3/c1-22(2,3)18-6-4-5-7-19(18)24-12-14-25(15-13-24)21(28)20(27)23-16-8-10-17(26)11-9-16/h4-11,26H,12-15H2,1-3H3,(H,23,27). The molecule has 0 aromatic heterocycles. The summed E-state index contributed by atoms with van der Waals surface area (Å²) in [6, 6.07) is 14.4. The molecule has 0 atom stereocenters. The highest BCUT2D eigenvalue weighted by molar-refractivity contribution is 6.39. The van der Waals surface area contributed by atoms with Crippen LogP contribution in [0.1, 0.15) is 26.3 Å². The zero-order valence-electron chi connectivity index (χ0n) is 16.6. The lowest BCUT2D eigenvalue weighted by atomic mass is 9.85. The molecular formula is C22H27N3O3. The van der Waals surface area contributed by atoms with Crippen molar-refractivity contribution in [3.05, 3.63) is 54.1 Å². The van der Waals surface area contributed by atoms with Crippen LogP contribution in [0, 0.1) is 0 Å². The van der Waals surface area contributed by atoms with Gasteiger partial charge in [-0.2, -0.15) is 0 Å². The predicted octanol–water partition coefficient (Wildman–Crippen LogP) is 2.98. The van der Waals surface area contributed by atoms with Crippen LogP contribution >= 0.6 is 0 Å². The zero-order chi connectivity index (χ0) is 20.3. The predicted molar refractivity (Wildman–Crippen MR) is 111 cm³/mol. The van der Waals surface area contributed by atoms with Crippen molar-refractivity contribution in [2.24, 2.45) is 0 Å². The number of carbonyl (C=O) groups excluding carboxylic acids is 2. The van der Waals surface area contributed by atoms with Crippen LogP contribution in [0.5, 0.6) is 5.75 Å². The van der Waals surface area contributed by atoms with E-state index in [4.69, 9.17) is 0 Å².